The number of pyridine rings is 1. The van der Waals surface area contributed by atoms with Gasteiger partial charge in [0.1, 0.15) is 10.6 Å². The Morgan fingerprint density at radius 2 is 1.75 bits per heavy atom. The molecular weight excluding hydrogens is 343 g/mol. The van der Waals surface area contributed by atoms with Crippen molar-refractivity contribution in [3.8, 4) is 0 Å². The number of hydrogen-bond acceptors (Lipinski definition) is 4. The summed E-state index contributed by atoms with van der Waals surface area (Å²) in [5.41, 5.74) is -1.11. The monoisotopic (exact) mass is 365 g/mol. The zero-order valence-electron chi connectivity index (χ0n) is 13.3. The molecule has 1 fully saturated rings. The fourth-order valence-corrected chi connectivity index (χ4v) is 3.71. The molecule has 1 aliphatic rings. The van der Waals surface area contributed by atoms with Crippen molar-refractivity contribution in [1.29, 1.82) is 0 Å². The number of rotatable bonds is 6. The molecule has 0 spiro atoms. The van der Waals surface area contributed by atoms with Crippen molar-refractivity contribution in [2.45, 2.75) is 55.6 Å². The van der Waals surface area contributed by atoms with E-state index in [-0.39, 0.29) is 11.4 Å². The lowest BCUT2D eigenvalue weighted by molar-refractivity contribution is -0.141. The van der Waals surface area contributed by atoms with Crippen molar-refractivity contribution in [2.24, 2.45) is 0 Å². The normalized spacial score (nSPS) is 17.6. The average molecular weight is 365 g/mol. The molecule has 0 radical (unpaired) electrons. The van der Waals surface area contributed by atoms with Crippen molar-refractivity contribution in [2.75, 3.05) is 13.1 Å². The third-order valence-electron chi connectivity index (χ3n) is 4.04. The smallest absolute Gasteiger partial charge is 0.313 e. The number of alkyl halides is 3. The van der Waals surface area contributed by atoms with E-state index in [1.54, 1.807) is 0 Å². The standard InChI is InChI=1S/C15H22F3N3O2S/c16-15(17,18)14-8-7-13(11-20-14)24(22,23)21-10-9-19-12-5-3-1-2-4-6-12/h7-8,11-12,19,21H,1-6,9-10H2. The molecule has 0 unspecified atom stereocenters. The summed E-state index contributed by atoms with van der Waals surface area (Å²) in [4.78, 5) is 2.90. The summed E-state index contributed by atoms with van der Waals surface area (Å²) in [7, 11) is -3.85. The Kier molecular flexibility index (Phi) is 6.59. The summed E-state index contributed by atoms with van der Waals surface area (Å²) in [6.07, 6.45) is 3.17. The van der Waals surface area contributed by atoms with Gasteiger partial charge in [-0.2, -0.15) is 13.2 Å². The Morgan fingerprint density at radius 3 is 2.29 bits per heavy atom. The second-order valence-corrected chi connectivity index (χ2v) is 7.68. The molecule has 0 aromatic carbocycles. The highest BCUT2D eigenvalue weighted by Gasteiger charge is 2.32. The van der Waals surface area contributed by atoms with Crippen LogP contribution in [0.3, 0.4) is 0 Å². The highest BCUT2D eigenvalue weighted by atomic mass is 32.2. The first kappa shape index (κ1) is 19.1. The van der Waals surface area contributed by atoms with Crippen molar-refractivity contribution < 1.29 is 21.6 Å². The van der Waals surface area contributed by atoms with Gasteiger partial charge in [-0.05, 0) is 25.0 Å². The van der Waals surface area contributed by atoms with Crippen LogP contribution in [0, 0.1) is 0 Å². The lowest BCUT2D eigenvalue weighted by atomic mass is 10.1. The Labute approximate surface area is 140 Å². The summed E-state index contributed by atoms with van der Waals surface area (Å²) in [5.74, 6) is 0. The summed E-state index contributed by atoms with van der Waals surface area (Å²) in [6, 6.07) is 1.99. The zero-order valence-corrected chi connectivity index (χ0v) is 14.1. The number of sulfonamides is 1. The van der Waals surface area contributed by atoms with Crippen LogP contribution in [0.4, 0.5) is 13.2 Å². The summed E-state index contributed by atoms with van der Waals surface area (Å²) >= 11 is 0. The molecule has 0 amide bonds. The van der Waals surface area contributed by atoms with Crippen LogP contribution in [0.25, 0.3) is 0 Å². The number of aromatic nitrogens is 1. The van der Waals surface area contributed by atoms with Gasteiger partial charge in [-0.15, -0.1) is 0 Å². The number of nitrogens with zero attached hydrogens (tertiary/aromatic N) is 1. The van der Waals surface area contributed by atoms with E-state index in [2.05, 4.69) is 15.0 Å². The van der Waals surface area contributed by atoms with E-state index >= 15 is 0 Å². The first-order valence-corrected chi connectivity index (χ1v) is 9.54. The van der Waals surface area contributed by atoms with Crippen LogP contribution in [0.2, 0.25) is 0 Å². The van der Waals surface area contributed by atoms with Crippen LogP contribution >= 0.6 is 0 Å². The Hall–Kier alpha value is -1.19. The lowest BCUT2D eigenvalue weighted by Gasteiger charge is -2.16. The minimum atomic E-state index is -4.58. The Bertz CT molecular complexity index is 610. The topological polar surface area (TPSA) is 71.1 Å². The molecule has 1 heterocycles. The first-order chi connectivity index (χ1) is 11.3. The van der Waals surface area contributed by atoms with E-state index in [1.165, 1.54) is 25.7 Å². The minimum absolute atomic E-state index is 0.180. The molecule has 5 nitrogen and oxygen atoms in total. The van der Waals surface area contributed by atoms with E-state index in [0.29, 0.717) is 18.7 Å². The molecule has 2 N–H and O–H groups in total. The Morgan fingerprint density at radius 1 is 1.08 bits per heavy atom. The molecule has 9 heteroatoms. The summed E-state index contributed by atoms with van der Waals surface area (Å²) < 4.78 is 63.8. The van der Waals surface area contributed by atoms with Gasteiger partial charge in [0.2, 0.25) is 10.0 Å². The minimum Gasteiger partial charge on any atom is -0.313 e. The summed E-state index contributed by atoms with van der Waals surface area (Å²) in [6.45, 7) is 0.664. The number of nitrogens with one attached hydrogen (secondary N) is 2. The fraction of sp³-hybridized carbons (Fsp3) is 0.667. The maximum Gasteiger partial charge on any atom is 0.433 e. The molecule has 0 saturated heterocycles. The zero-order chi connectivity index (χ0) is 17.6. The van der Waals surface area contributed by atoms with Gasteiger partial charge in [-0.25, -0.2) is 13.1 Å². The van der Waals surface area contributed by atoms with Gasteiger partial charge in [0.05, 0.1) is 0 Å². The van der Waals surface area contributed by atoms with Gasteiger partial charge >= 0.3 is 6.18 Å². The van der Waals surface area contributed by atoms with Gasteiger partial charge in [-0.1, -0.05) is 25.7 Å². The van der Waals surface area contributed by atoms with Gasteiger partial charge in [0.15, 0.2) is 0 Å². The third-order valence-corrected chi connectivity index (χ3v) is 5.49. The van der Waals surface area contributed by atoms with E-state index in [9.17, 15) is 21.6 Å². The quantitative estimate of drug-likeness (QED) is 0.601. The highest BCUT2D eigenvalue weighted by Crippen LogP contribution is 2.27. The third kappa shape index (κ3) is 5.71. The molecule has 1 aromatic heterocycles. The van der Waals surface area contributed by atoms with E-state index in [4.69, 9.17) is 0 Å². The molecule has 1 aliphatic carbocycles. The lowest BCUT2D eigenvalue weighted by Crippen LogP contribution is -2.36. The van der Waals surface area contributed by atoms with Crippen molar-refractivity contribution in [3.05, 3.63) is 24.0 Å². The molecule has 0 atom stereocenters. The summed E-state index contributed by atoms with van der Waals surface area (Å²) in [5, 5.41) is 3.32. The van der Waals surface area contributed by atoms with Crippen LogP contribution < -0.4 is 10.0 Å². The predicted octanol–water partition coefficient (Wildman–Crippen LogP) is 2.69. The number of hydrogen-bond donors (Lipinski definition) is 2. The Balaban J connectivity index is 1.82. The van der Waals surface area contributed by atoms with E-state index < -0.39 is 21.9 Å². The molecule has 1 aromatic rings. The maximum atomic E-state index is 12.4. The van der Waals surface area contributed by atoms with Gasteiger partial charge in [0, 0.05) is 25.3 Å². The van der Waals surface area contributed by atoms with Gasteiger partial charge in [-0.3, -0.25) is 4.98 Å². The van der Waals surface area contributed by atoms with Crippen LogP contribution in [0.15, 0.2) is 23.2 Å². The SMILES string of the molecule is O=S(=O)(NCCNC1CCCCCC1)c1ccc(C(F)(F)F)nc1. The molecule has 2 rings (SSSR count). The second-order valence-electron chi connectivity index (χ2n) is 5.92. The molecule has 24 heavy (non-hydrogen) atoms. The fourth-order valence-electron chi connectivity index (χ4n) is 2.74. The van der Waals surface area contributed by atoms with Crippen LogP contribution in [0.1, 0.15) is 44.2 Å². The van der Waals surface area contributed by atoms with Crippen molar-refractivity contribution >= 4 is 10.0 Å². The highest BCUT2D eigenvalue weighted by molar-refractivity contribution is 7.89. The number of halogens is 3. The van der Waals surface area contributed by atoms with Gasteiger partial charge < -0.3 is 5.32 Å². The molecule has 0 bridgehead atoms. The van der Waals surface area contributed by atoms with Crippen LogP contribution in [-0.2, 0) is 16.2 Å². The second kappa shape index (κ2) is 8.26. The molecule has 136 valence electrons. The van der Waals surface area contributed by atoms with E-state index in [1.807, 2.05) is 0 Å². The largest absolute Gasteiger partial charge is 0.433 e. The maximum absolute atomic E-state index is 12.4. The van der Waals surface area contributed by atoms with Crippen LogP contribution in [-0.4, -0.2) is 32.5 Å². The van der Waals surface area contributed by atoms with Crippen LogP contribution in [0.5, 0.6) is 0 Å². The molecular formula is C15H22F3N3O2S. The van der Waals surface area contributed by atoms with E-state index in [0.717, 1.165) is 25.1 Å². The van der Waals surface area contributed by atoms with Gasteiger partial charge in [0.25, 0.3) is 0 Å². The van der Waals surface area contributed by atoms with Crippen molar-refractivity contribution in [3.63, 3.8) is 0 Å². The predicted molar refractivity (Wildman–Crippen MR) is 83.9 cm³/mol. The molecule has 0 aliphatic heterocycles. The first-order valence-electron chi connectivity index (χ1n) is 8.05. The molecule has 1 saturated carbocycles. The van der Waals surface area contributed by atoms with Crippen molar-refractivity contribution in [1.82, 2.24) is 15.0 Å². The average Bonchev–Trinajstić information content (AvgIpc) is 2.80.